The van der Waals surface area contributed by atoms with E-state index in [9.17, 15) is 18.0 Å². The van der Waals surface area contributed by atoms with Crippen molar-refractivity contribution in [3.63, 3.8) is 0 Å². The van der Waals surface area contributed by atoms with Gasteiger partial charge in [0.25, 0.3) is 0 Å². The van der Waals surface area contributed by atoms with Crippen LogP contribution in [-0.2, 0) is 30.2 Å². The van der Waals surface area contributed by atoms with Gasteiger partial charge in [-0.2, -0.15) is 18.3 Å². The highest BCUT2D eigenvalue weighted by atomic mass is 19.4. The lowest BCUT2D eigenvalue weighted by atomic mass is 9.95. The molecule has 0 unspecified atom stereocenters. The number of alkyl halides is 3. The second-order valence-corrected chi connectivity index (χ2v) is 7.05. The van der Waals surface area contributed by atoms with Gasteiger partial charge >= 0.3 is 6.18 Å². The normalized spacial score (nSPS) is 14.1. The third-order valence-electron chi connectivity index (χ3n) is 4.97. The molecule has 1 aromatic heterocycles. The molecule has 7 heteroatoms. The first kappa shape index (κ1) is 19.5. The number of fused-ring (bicyclic) bond motifs is 1. The van der Waals surface area contributed by atoms with Crippen LogP contribution < -0.4 is 0 Å². The minimum Gasteiger partial charge on any atom is -0.345 e. The largest absolute Gasteiger partial charge is 0.435 e. The van der Waals surface area contributed by atoms with Gasteiger partial charge in [-0.25, -0.2) is 4.68 Å². The Hall–Kier alpha value is -2.31. The number of benzene rings is 1. The number of likely N-dealkylation sites (N-methyl/N-ethyl adjacent to an activating group) is 1. The summed E-state index contributed by atoms with van der Waals surface area (Å²) in [6.07, 6.45) is -0.626. The van der Waals surface area contributed by atoms with Crippen LogP contribution in [0.4, 0.5) is 13.2 Å². The molecular weight excluding hydrogens is 355 g/mol. The summed E-state index contributed by atoms with van der Waals surface area (Å²) in [5.74, 6) is 0.0282. The Morgan fingerprint density at radius 3 is 2.48 bits per heavy atom. The summed E-state index contributed by atoms with van der Waals surface area (Å²) in [7, 11) is 1.77. The van der Waals surface area contributed by atoms with Crippen LogP contribution in [-0.4, -0.2) is 34.2 Å². The van der Waals surface area contributed by atoms with Crippen molar-refractivity contribution in [2.75, 3.05) is 13.6 Å². The Labute approximate surface area is 157 Å². The van der Waals surface area contributed by atoms with Crippen LogP contribution in [0.15, 0.2) is 24.3 Å². The van der Waals surface area contributed by atoms with E-state index in [-0.39, 0.29) is 12.3 Å². The van der Waals surface area contributed by atoms with Crippen molar-refractivity contribution in [3.05, 3.63) is 46.8 Å². The van der Waals surface area contributed by atoms with E-state index in [2.05, 4.69) is 5.10 Å². The average Bonchev–Trinajstić information content (AvgIpc) is 3.02. The number of hydrogen-bond donors (Lipinski definition) is 0. The van der Waals surface area contributed by atoms with Gasteiger partial charge < -0.3 is 4.90 Å². The summed E-state index contributed by atoms with van der Waals surface area (Å²) in [6, 6.07) is 7.06. The van der Waals surface area contributed by atoms with Crippen LogP contribution in [0.3, 0.4) is 0 Å². The molecule has 27 heavy (non-hydrogen) atoms. The maximum Gasteiger partial charge on any atom is 0.435 e. The summed E-state index contributed by atoms with van der Waals surface area (Å²) in [6.45, 7) is 2.72. The smallest absolute Gasteiger partial charge is 0.345 e. The molecule has 0 saturated heterocycles. The fourth-order valence-electron chi connectivity index (χ4n) is 3.56. The number of nitrogens with zero attached hydrogens (tertiary/aromatic N) is 3. The van der Waals surface area contributed by atoms with E-state index in [4.69, 9.17) is 0 Å². The van der Waals surface area contributed by atoms with Crippen molar-refractivity contribution in [3.8, 4) is 5.69 Å². The molecule has 0 spiro atoms. The highest BCUT2D eigenvalue weighted by Crippen LogP contribution is 2.36. The van der Waals surface area contributed by atoms with Crippen molar-refractivity contribution < 1.29 is 18.0 Å². The summed E-state index contributed by atoms with van der Waals surface area (Å²) in [5, 5.41) is 3.89. The quantitative estimate of drug-likeness (QED) is 0.782. The number of halogens is 3. The number of carbonyl (C=O) groups is 1. The summed E-state index contributed by atoms with van der Waals surface area (Å²) in [5.41, 5.74) is 1.65. The zero-order valence-electron chi connectivity index (χ0n) is 15.6. The van der Waals surface area contributed by atoms with Crippen LogP contribution in [0.2, 0.25) is 0 Å². The van der Waals surface area contributed by atoms with E-state index in [0.717, 1.165) is 24.8 Å². The van der Waals surface area contributed by atoms with E-state index < -0.39 is 11.9 Å². The predicted octanol–water partition coefficient (Wildman–Crippen LogP) is 4.18. The highest BCUT2D eigenvalue weighted by molar-refractivity contribution is 5.78. The molecule has 1 amide bonds. The zero-order valence-corrected chi connectivity index (χ0v) is 15.6. The molecule has 0 fully saturated rings. The second kappa shape index (κ2) is 7.74. The highest BCUT2D eigenvalue weighted by Gasteiger charge is 2.39. The summed E-state index contributed by atoms with van der Waals surface area (Å²) in [4.78, 5) is 13.8. The Kier molecular flexibility index (Phi) is 5.58. The monoisotopic (exact) mass is 379 g/mol. The molecule has 0 aliphatic heterocycles. The van der Waals surface area contributed by atoms with E-state index in [0.29, 0.717) is 36.3 Å². The Balaban J connectivity index is 1.85. The van der Waals surface area contributed by atoms with Crippen molar-refractivity contribution in [2.24, 2.45) is 0 Å². The fourth-order valence-corrected chi connectivity index (χ4v) is 3.56. The lowest BCUT2D eigenvalue weighted by Crippen LogP contribution is -2.28. The van der Waals surface area contributed by atoms with Crippen molar-refractivity contribution in [1.29, 1.82) is 0 Å². The summed E-state index contributed by atoms with van der Waals surface area (Å²) >= 11 is 0. The molecule has 4 nitrogen and oxygen atoms in total. The molecule has 1 heterocycles. The molecule has 0 bridgehead atoms. The Morgan fingerprint density at radius 2 is 1.85 bits per heavy atom. The number of carbonyl (C=O) groups excluding carboxylic acids is 1. The fraction of sp³-hybridized carbons (Fsp3) is 0.500. The molecule has 0 atom stereocenters. The third-order valence-corrected chi connectivity index (χ3v) is 4.97. The lowest BCUT2D eigenvalue weighted by molar-refractivity contribution is -0.142. The maximum atomic E-state index is 13.3. The molecular formula is C20H24F3N3O. The maximum absolute atomic E-state index is 13.3. The first-order valence-electron chi connectivity index (χ1n) is 9.32. The number of aromatic nitrogens is 2. The van der Waals surface area contributed by atoms with Crippen LogP contribution in [0.5, 0.6) is 0 Å². The van der Waals surface area contributed by atoms with E-state index in [1.165, 1.54) is 4.68 Å². The van der Waals surface area contributed by atoms with E-state index >= 15 is 0 Å². The second-order valence-electron chi connectivity index (χ2n) is 7.05. The van der Waals surface area contributed by atoms with Crippen molar-refractivity contribution in [2.45, 2.75) is 51.6 Å². The van der Waals surface area contributed by atoms with Crippen LogP contribution >= 0.6 is 0 Å². The van der Waals surface area contributed by atoms with Gasteiger partial charge in [-0.15, -0.1) is 0 Å². The van der Waals surface area contributed by atoms with Crippen LogP contribution in [0.25, 0.3) is 5.69 Å². The predicted molar refractivity (Wildman–Crippen MR) is 96.8 cm³/mol. The Morgan fingerprint density at radius 1 is 1.19 bits per heavy atom. The average molecular weight is 379 g/mol. The van der Waals surface area contributed by atoms with E-state index in [1.54, 1.807) is 36.2 Å². The molecule has 1 aliphatic rings. The lowest BCUT2D eigenvalue weighted by Gasteiger charge is -2.16. The van der Waals surface area contributed by atoms with Gasteiger partial charge in [0.15, 0.2) is 5.69 Å². The van der Waals surface area contributed by atoms with Gasteiger partial charge in [-0.05, 0) is 49.8 Å². The SMILES string of the molecule is CCCN(C)C(=O)Cc1ccc(-n2nc(C(F)(F)F)c3c2CCCC3)cc1. The number of amides is 1. The van der Waals surface area contributed by atoms with Crippen molar-refractivity contribution >= 4 is 5.91 Å². The molecule has 3 rings (SSSR count). The van der Waals surface area contributed by atoms with Gasteiger partial charge in [0.2, 0.25) is 5.91 Å². The standard InChI is InChI=1S/C20H24F3N3O/c1-3-12-25(2)18(27)13-14-8-10-15(11-9-14)26-17-7-5-4-6-16(17)19(24-26)20(21,22)23/h8-11H,3-7,12-13H2,1-2H3. The molecule has 2 aromatic rings. The zero-order chi connectivity index (χ0) is 19.6. The van der Waals surface area contributed by atoms with E-state index in [1.807, 2.05) is 6.92 Å². The number of hydrogen-bond acceptors (Lipinski definition) is 2. The Bertz CT molecular complexity index is 809. The van der Waals surface area contributed by atoms with Gasteiger partial charge in [0.05, 0.1) is 12.1 Å². The van der Waals surface area contributed by atoms with Gasteiger partial charge in [0.1, 0.15) is 0 Å². The third kappa shape index (κ3) is 4.17. The van der Waals surface area contributed by atoms with Crippen molar-refractivity contribution in [1.82, 2.24) is 14.7 Å². The first-order chi connectivity index (χ1) is 12.8. The molecule has 1 aliphatic carbocycles. The van der Waals surface area contributed by atoms with Gasteiger partial charge in [0, 0.05) is 24.8 Å². The van der Waals surface area contributed by atoms with Gasteiger partial charge in [-0.1, -0.05) is 19.1 Å². The van der Waals surface area contributed by atoms with Crippen LogP contribution in [0, 0.1) is 0 Å². The molecule has 0 saturated carbocycles. The molecule has 1 aromatic carbocycles. The minimum atomic E-state index is -4.44. The van der Waals surface area contributed by atoms with Crippen LogP contribution in [0.1, 0.15) is 48.7 Å². The molecule has 146 valence electrons. The molecule has 0 N–H and O–H groups in total. The van der Waals surface area contributed by atoms with Gasteiger partial charge in [-0.3, -0.25) is 4.79 Å². The molecule has 0 radical (unpaired) electrons. The summed E-state index contributed by atoms with van der Waals surface area (Å²) < 4.78 is 41.4. The topological polar surface area (TPSA) is 38.1 Å². The minimum absolute atomic E-state index is 0.0282. The number of rotatable bonds is 5. The first-order valence-corrected chi connectivity index (χ1v) is 9.32.